The third kappa shape index (κ3) is 5.70. The van der Waals surface area contributed by atoms with E-state index in [9.17, 15) is 14.4 Å². The molecule has 0 aliphatic carbocycles. The molecule has 22 heavy (non-hydrogen) atoms. The molecule has 2 N–H and O–H groups in total. The molecule has 0 bridgehead atoms. The monoisotopic (exact) mass is 310 g/mol. The fourth-order valence-corrected chi connectivity index (χ4v) is 1.42. The largest absolute Gasteiger partial charge is 0.467 e. The lowest BCUT2D eigenvalue weighted by atomic mass is 10.2. The summed E-state index contributed by atoms with van der Waals surface area (Å²) in [5, 5.41) is 4.68. The van der Waals surface area contributed by atoms with Crippen molar-refractivity contribution in [3.05, 3.63) is 35.9 Å². The predicted molar refractivity (Wildman–Crippen MR) is 75.4 cm³/mol. The second-order valence-corrected chi connectivity index (χ2v) is 3.91. The van der Waals surface area contributed by atoms with Crippen molar-refractivity contribution in [2.24, 2.45) is 0 Å². The molecule has 0 spiro atoms. The Morgan fingerprint density at radius 1 is 1.23 bits per heavy atom. The van der Waals surface area contributed by atoms with Crippen LogP contribution in [0.4, 0.5) is 4.79 Å². The van der Waals surface area contributed by atoms with Crippen molar-refractivity contribution in [1.29, 1.82) is 0 Å². The average Bonchev–Trinajstić information content (AvgIpc) is 2.97. The van der Waals surface area contributed by atoms with Gasteiger partial charge in [-0.2, -0.15) is 0 Å². The molecule has 2 amide bonds. The van der Waals surface area contributed by atoms with Gasteiger partial charge in [-0.15, -0.1) is 0 Å². The highest BCUT2D eigenvalue weighted by Crippen LogP contribution is 2.01. The number of nitrogens with one attached hydrogen (secondary N) is 2. The van der Waals surface area contributed by atoms with Crippen molar-refractivity contribution < 1.29 is 28.3 Å². The van der Waals surface area contributed by atoms with Gasteiger partial charge in [0.1, 0.15) is 11.3 Å². The van der Waals surface area contributed by atoms with E-state index in [0.29, 0.717) is 5.76 Å². The van der Waals surface area contributed by atoms with Gasteiger partial charge in [0.05, 0.1) is 26.0 Å². The topological polar surface area (TPSA) is 107 Å². The molecule has 0 aliphatic rings. The summed E-state index contributed by atoms with van der Waals surface area (Å²) in [7, 11) is 0. The molecule has 0 aliphatic heterocycles. The fraction of sp³-hybridized carbons (Fsp3) is 0.357. The summed E-state index contributed by atoms with van der Waals surface area (Å²) in [6, 6.07) is 3.43. The number of furan rings is 1. The van der Waals surface area contributed by atoms with Crippen LogP contribution in [0.15, 0.2) is 34.6 Å². The first-order chi connectivity index (χ1) is 10.6. The Labute approximate surface area is 127 Å². The Balaban J connectivity index is 2.71. The minimum atomic E-state index is -0.936. The zero-order valence-electron chi connectivity index (χ0n) is 12.4. The van der Waals surface area contributed by atoms with E-state index in [-0.39, 0.29) is 25.3 Å². The number of carbonyl (C=O) groups excluding carboxylic acids is 3. The van der Waals surface area contributed by atoms with E-state index in [2.05, 4.69) is 10.1 Å². The van der Waals surface area contributed by atoms with E-state index >= 15 is 0 Å². The molecule has 0 saturated heterocycles. The van der Waals surface area contributed by atoms with E-state index in [1.807, 2.05) is 5.32 Å². The number of hydrogen-bond donors (Lipinski definition) is 2. The number of alkyl carbamates (subject to hydrolysis) is 1. The van der Waals surface area contributed by atoms with Gasteiger partial charge in [0, 0.05) is 6.20 Å². The molecule has 120 valence electrons. The van der Waals surface area contributed by atoms with E-state index in [1.54, 1.807) is 26.0 Å². The molecule has 1 aromatic rings. The predicted octanol–water partition coefficient (Wildman–Crippen LogP) is 1.09. The SMILES string of the molecule is CCOC(=O)NC(=O)/C(=C/NCc1ccco1)C(=O)OCC. The normalized spacial score (nSPS) is 10.7. The maximum absolute atomic E-state index is 11.9. The Hall–Kier alpha value is -2.77. The first kappa shape index (κ1) is 17.3. The minimum Gasteiger partial charge on any atom is -0.467 e. The van der Waals surface area contributed by atoms with Crippen LogP contribution >= 0.6 is 0 Å². The molecule has 8 heteroatoms. The second-order valence-electron chi connectivity index (χ2n) is 3.91. The molecule has 0 saturated carbocycles. The molecule has 0 atom stereocenters. The van der Waals surface area contributed by atoms with Crippen molar-refractivity contribution in [3.8, 4) is 0 Å². The summed E-state index contributed by atoms with van der Waals surface area (Å²) in [4.78, 5) is 34.9. The number of esters is 1. The van der Waals surface area contributed by atoms with Crippen LogP contribution in [0.3, 0.4) is 0 Å². The van der Waals surface area contributed by atoms with Gasteiger partial charge in [0.2, 0.25) is 0 Å². The Kier molecular flexibility index (Phi) is 7.24. The summed E-state index contributed by atoms with van der Waals surface area (Å²) in [5.74, 6) is -1.15. The number of amides is 2. The van der Waals surface area contributed by atoms with Crippen LogP contribution in [-0.2, 0) is 25.6 Å². The summed E-state index contributed by atoms with van der Waals surface area (Å²) in [6.07, 6.45) is 1.73. The quantitative estimate of drug-likeness (QED) is 0.336. The number of imide groups is 1. The summed E-state index contributed by atoms with van der Waals surface area (Å²) in [5.41, 5.74) is -0.346. The van der Waals surface area contributed by atoms with E-state index in [0.717, 1.165) is 6.20 Å². The van der Waals surface area contributed by atoms with Gasteiger partial charge in [-0.25, -0.2) is 9.59 Å². The summed E-state index contributed by atoms with van der Waals surface area (Å²) < 4.78 is 14.4. The van der Waals surface area contributed by atoms with Gasteiger partial charge in [-0.3, -0.25) is 10.1 Å². The molecule has 1 rings (SSSR count). The molecule has 1 heterocycles. The zero-order chi connectivity index (χ0) is 16.4. The molecule has 0 radical (unpaired) electrons. The van der Waals surface area contributed by atoms with Crippen molar-refractivity contribution in [3.63, 3.8) is 0 Å². The Morgan fingerprint density at radius 3 is 2.55 bits per heavy atom. The lowest BCUT2D eigenvalue weighted by Crippen LogP contribution is -2.35. The highest BCUT2D eigenvalue weighted by molar-refractivity contribution is 6.19. The van der Waals surface area contributed by atoms with Crippen LogP contribution in [0.1, 0.15) is 19.6 Å². The molecule has 8 nitrogen and oxygen atoms in total. The highest BCUT2D eigenvalue weighted by atomic mass is 16.5. The standard InChI is InChI=1S/C14H18N2O6/c1-3-20-13(18)11(12(17)16-14(19)21-4-2)9-15-8-10-6-5-7-22-10/h5-7,9,15H,3-4,8H2,1-2H3,(H,16,17,19)/b11-9-. The molecule has 0 aromatic carbocycles. The van der Waals surface area contributed by atoms with Crippen molar-refractivity contribution in [2.75, 3.05) is 13.2 Å². The molecule has 0 fully saturated rings. The van der Waals surface area contributed by atoms with E-state index in [4.69, 9.17) is 9.15 Å². The maximum atomic E-state index is 11.9. The highest BCUT2D eigenvalue weighted by Gasteiger charge is 2.22. The average molecular weight is 310 g/mol. The van der Waals surface area contributed by atoms with Gasteiger partial charge in [-0.05, 0) is 26.0 Å². The van der Waals surface area contributed by atoms with E-state index < -0.39 is 18.0 Å². The van der Waals surface area contributed by atoms with Crippen molar-refractivity contribution in [1.82, 2.24) is 10.6 Å². The van der Waals surface area contributed by atoms with Crippen LogP contribution in [0.5, 0.6) is 0 Å². The Morgan fingerprint density at radius 2 is 1.95 bits per heavy atom. The minimum absolute atomic E-state index is 0.0983. The van der Waals surface area contributed by atoms with Gasteiger partial charge in [-0.1, -0.05) is 0 Å². The molecule has 0 unspecified atom stereocenters. The van der Waals surface area contributed by atoms with Gasteiger partial charge in [0.15, 0.2) is 0 Å². The smallest absolute Gasteiger partial charge is 0.414 e. The molecular formula is C14H18N2O6. The van der Waals surface area contributed by atoms with Crippen LogP contribution < -0.4 is 10.6 Å². The Bertz CT molecular complexity index is 536. The first-order valence-electron chi connectivity index (χ1n) is 6.69. The lowest BCUT2D eigenvalue weighted by Gasteiger charge is -2.08. The van der Waals surface area contributed by atoms with Crippen LogP contribution in [0.25, 0.3) is 0 Å². The number of carbonyl (C=O) groups is 3. The van der Waals surface area contributed by atoms with Gasteiger partial charge < -0.3 is 19.2 Å². The number of hydrogen-bond acceptors (Lipinski definition) is 7. The summed E-state index contributed by atoms with van der Waals surface area (Å²) in [6.45, 7) is 3.67. The second kappa shape index (κ2) is 9.22. The maximum Gasteiger partial charge on any atom is 0.414 e. The number of rotatable bonds is 7. The van der Waals surface area contributed by atoms with Crippen LogP contribution in [0.2, 0.25) is 0 Å². The third-order valence-electron chi connectivity index (χ3n) is 2.33. The third-order valence-corrected chi connectivity index (χ3v) is 2.33. The van der Waals surface area contributed by atoms with Crippen LogP contribution in [0, 0.1) is 0 Å². The van der Waals surface area contributed by atoms with Gasteiger partial charge in [0.25, 0.3) is 5.91 Å². The summed E-state index contributed by atoms with van der Waals surface area (Å²) >= 11 is 0. The van der Waals surface area contributed by atoms with Gasteiger partial charge >= 0.3 is 12.1 Å². The lowest BCUT2D eigenvalue weighted by molar-refractivity contribution is -0.140. The zero-order valence-corrected chi connectivity index (χ0v) is 12.4. The fourth-order valence-electron chi connectivity index (χ4n) is 1.42. The first-order valence-corrected chi connectivity index (χ1v) is 6.69. The number of ether oxygens (including phenoxy) is 2. The van der Waals surface area contributed by atoms with Crippen molar-refractivity contribution >= 4 is 18.0 Å². The molecular weight excluding hydrogens is 292 g/mol. The molecule has 1 aromatic heterocycles. The van der Waals surface area contributed by atoms with Crippen molar-refractivity contribution in [2.45, 2.75) is 20.4 Å². The van der Waals surface area contributed by atoms with E-state index in [1.165, 1.54) is 6.26 Å². The van der Waals surface area contributed by atoms with Crippen LogP contribution in [-0.4, -0.2) is 31.2 Å².